The third kappa shape index (κ3) is 3.87. The highest BCUT2D eigenvalue weighted by Gasteiger charge is 2.17. The molecule has 0 saturated carbocycles. The predicted octanol–water partition coefficient (Wildman–Crippen LogP) is -0.116. The molecule has 0 saturated heterocycles. The summed E-state index contributed by atoms with van der Waals surface area (Å²) in [5.74, 6) is -1.76. The molecule has 0 fully saturated rings. The number of hydrogen-bond acceptors (Lipinski definition) is 5. The lowest BCUT2D eigenvalue weighted by atomic mass is 10.2. The van der Waals surface area contributed by atoms with Gasteiger partial charge in [0.1, 0.15) is 0 Å². The fourth-order valence-corrected chi connectivity index (χ4v) is 2.09. The Morgan fingerprint density at radius 2 is 2.10 bits per heavy atom. The van der Waals surface area contributed by atoms with Gasteiger partial charge in [0.25, 0.3) is 5.91 Å². The van der Waals surface area contributed by atoms with Crippen molar-refractivity contribution in [2.75, 3.05) is 38.8 Å². The lowest BCUT2D eigenvalue weighted by Gasteiger charge is -2.12. The largest absolute Gasteiger partial charge is 0.371 e. The third-order valence-corrected chi connectivity index (χ3v) is 4.41. The lowest BCUT2D eigenvalue weighted by Crippen LogP contribution is -2.34. The predicted molar refractivity (Wildman–Crippen MR) is 73.5 cm³/mol. The number of carbonyl (C=O) groups excluding carboxylic acids is 1. The van der Waals surface area contributed by atoms with Crippen LogP contribution in [0, 0.1) is 5.82 Å². The molecule has 0 spiro atoms. The van der Waals surface area contributed by atoms with Gasteiger partial charge in [-0.1, -0.05) is 0 Å². The highest BCUT2D eigenvalue weighted by atomic mass is 32.2. The maximum Gasteiger partial charge on any atom is 0.254 e. The molecule has 0 bridgehead atoms. The number of anilines is 1. The van der Waals surface area contributed by atoms with E-state index in [1.54, 1.807) is 0 Å². The second-order valence-corrected chi connectivity index (χ2v) is 6.43. The summed E-state index contributed by atoms with van der Waals surface area (Å²) in [5, 5.41) is 4.88. The number of halogens is 1. The number of nitrogens with one attached hydrogen (secondary N) is 2. The molecule has 0 radical (unpaired) electrons. The van der Waals surface area contributed by atoms with Crippen LogP contribution in [0.3, 0.4) is 0 Å². The number of carbonyl (C=O) groups is 1. The Balaban J connectivity index is 2.69. The minimum Gasteiger partial charge on any atom is -0.371 e. The van der Waals surface area contributed by atoms with E-state index in [-0.39, 0.29) is 23.7 Å². The molecule has 1 aromatic heterocycles. The Hall–Kier alpha value is -1.74. The van der Waals surface area contributed by atoms with Crippen molar-refractivity contribution in [3.63, 3.8) is 0 Å². The molecule has 1 rings (SSSR count). The highest BCUT2D eigenvalue weighted by molar-refractivity contribution is 7.89. The molecule has 20 heavy (non-hydrogen) atoms. The van der Waals surface area contributed by atoms with Crippen molar-refractivity contribution in [2.45, 2.75) is 0 Å². The average Bonchev–Trinajstić information content (AvgIpc) is 2.38. The van der Waals surface area contributed by atoms with Crippen molar-refractivity contribution in [1.29, 1.82) is 0 Å². The fraction of sp³-hybridized carbons (Fsp3) is 0.455. The van der Waals surface area contributed by atoms with Gasteiger partial charge in [-0.25, -0.2) is 22.1 Å². The smallest absolute Gasteiger partial charge is 0.254 e. The van der Waals surface area contributed by atoms with Gasteiger partial charge in [-0.3, -0.25) is 4.79 Å². The van der Waals surface area contributed by atoms with Gasteiger partial charge < -0.3 is 10.6 Å². The van der Waals surface area contributed by atoms with Crippen LogP contribution in [0.4, 0.5) is 10.2 Å². The minimum absolute atomic E-state index is 0.0430. The highest BCUT2D eigenvalue weighted by Crippen LogP contribution is 2.14. The van der Waals surface area contributed by atoms with Gasteiger partial charge in [-0.05, 0) is 6.07 Å². The van der Waals surface area contributed by atoms with Crippen LogP contribution in [-0.2, 0) is 10.0 Å². The van der Waals surface area contributed by atoms with Gasteiger partial charge in [-0.2, -0.15) is 0 Å². The summed E-state index contributed by atoms with van der Waals surface area (Å²) in [6, 6.07) is 1.23. The monoisotopic (exact) mass is 304 g/mol. The van der Waals surface area contributed by atoms with Gasteiger partial charge in [-0.15, -0.1) is 0 Å². The van der Waals surface area contributed by atoms with Crippen molar-refractivity contribution in [3.8, 4) is 0 Å². The van der Waals surface area contributed by atoms with Crippen LogP contribution in [0.25, 0.3) is 0 Å². The number of hydrogen-bond donors (Lipinski definition) is 2. The van der Waals surface area contributed by atoms with Crippen molar-refractivity contribution in [1.82, 2.24) is 14.6 Å². The normalized spacial score (nSPS) is 11.4. The van der Waals surface area contributed by atoms with Gasteiger partial charge in [0.15, 0.2) is 11.6 Å². The van der Waals surface area contributed by atoms with Crippen LogP contribution in [0.2, 0.25) is 0 Å². The van der Waals surface area contributed by atoms with E-state index in [1.165, 1.54) is 33.4 Å². The second kappa shape index (κ2) is 6.62. The molecule has 0 aliphatic rings. The van der Waals surface area contributed by atoms with Gasteiger partial charge in [0.05, 0.1) is 11.3 Å². The van der Waals surface area contributed by atoms with Gasteiger partial charge >= 0.3 is 0 Å². The Kier molecular flexibility index (Phi) is 5.40. The summed E-state index contributed by atoms with van der Waals surface area (Å²) in [5.41, 5.74) is -0.188. The van der Waals surface area contributed by atoms with E-state index in [0.717, 1.165) is 4.31 Å². The second-order valence-electron chi connectivity index (χ2n) is 4.13. The van der Waals surface area contributed by atoms with E-state index in [4.69, 9.17) is 0 Å². The van der Waals surface area contributed by atoms with Crippen LogP contribution in [0.15, 0.2) is 12.3 Å². The van der Waals surface area contributed by atoms with Crippen molar-refractivity contribution in [2.24, 2.45) is 0 Å². The van der Waals surface area contributed by atoms with Crippen molar-refractivity contribution < 1.29 is 17.6 Å². The van der Waals surface area contributed by atoms with E-state index in [9.17, 15) is 17.6 Å². The third-order valence-electron chi connectivity index (χ3n) is 2.57. The number of sulfonamides is 1. The number of rotatable bonds is 6. The molecular weight excluding hydrogens is 287 g/mol. The van der Waals surface area contributed by atoms with Crippen molar-refractivity contribution >= 4 is 21.7 Å². The standard InChI is InChI=1S/C11H17FN4O3S/c1-13-10-9(12)8(4-5-14-10)11(17)15-6-7-20(18,19)16(2)3/h4-5H,6-7H2,1-3H3,(H,13,14)(H,15,17). The van der Waals surface area contributed by atoms with Crippen molar-refractivity contribution in [3.05, 3.63) is 23.6 Å². The SMILES string of the molecule is CNc1nccc(C(=O)NCCS(=O)(=O)N(C)C)c1F. The minimum atomic E-state index is -3.40. The zero-order valence-corrected chi connectivity index (χ0v) is 12.3. The molecule has 0 aliphatic carbocycles. The molecule has 1 amide bonds. The number of pyridine rings is 1. The molecule has 1 aromatic rings. The number of amides is 1. The summed E-state index contributed by atoms with van der Waals surface area (Å²) in [4.78, 5) is 15.5. The first-order chi connectivity index (χ1) is 9.29. The van der Waals surface area contributed by atoms with Crippen LogP contribution < -0.4 is 10.6 Å². The molecule has 0 aliphatic heterocycles. The van der Waals surface area contributed by atoms with E-state index >= 15 is 0 Å². The quantitative estimate of drug-likeness (QED) is 0.765. The van der Waals surface area contributed by atoms with Gasteiger partial charge in [0, 0.05) is 33.9 Å². The van der Waals surface area contributed by atoms with Crippen LogP contribution in [0.5, 0.6) is 0 Å². The Morgan fingerprint density at radius 1 is 1.45 bits per heavy atom. The first-order valence-corrected chi connectivity index (χ1v) is 7.41. The maximum absolute atomic E-state index is 13.8. The summed E-state index contributed by atoms with van der Waals surface area (Å²) in [7, 11) is 0.887. The Morgan fingerprint density at radius 3 is 2.65 bits per heavy atom. The summed E-state index contributed by atoms with van der Waals surface area (Å²) in [6.45, 7) is -0.101. The number of nitrogens with zero attached hydrogens (tertiary/aromatic N) is 2. The molecule has 0 aromatic carbocycles. The molecule has 0 atom stereocenters. The maximum atomic E-state index is 13.8. The van der Waals surface area contributed by atoms with E-state index < -0.39 is 21.7 Å². The van der Waals surface area contributed by atoms with Crippen LogP contribution >= 0.6 is 0 Å². The molecule has 9 heteroatoms. The molecule has 2 N–H and O–H groups in total. The zero-order valence-electron chi connectivity index (χ0n) is 11.5. The Bertz CT molecular complexity index is 589. The summed E-state index contributed by atoms with van der Waals surface area (Å²) in [6.07, 6.45) is 1.29. The lowest BCUT2D eigenvalue weighted by molar-refractivity contribution is 0.0952. The van der Waals surface area contributed by atoms with Gasteiger partial charge in [0.2, 0.25) is 10.0 Å². The molecular formula is C11H17FN4O3S. The average molecular weight is 304 g/mol. The first-order valence-electron chi connectivity index (χ1n) is 5.80. The zero-order chi connectivity index (χ0) is 15.3. The molecule has 112 valence electrons. The first kappa shape index (κ1) is 16.3. The summed E-state index contributed by atoms with van der Waals surface area (Å²) < 4.78 is 37.9. The van der Waals surface area contributed by atoms with Crippen LogP contribution in [-0.4, -0.2) is 57.1 Å². The van der Waals surface area contributed by atoms with E-state index in [1.807, 2.05) is 0 Å². The van der Waals surface area contributed by atoms with E-state index in [0.29, 0.717) is 0 Å². The summed E-state index contributed by atoms with van der Waals surface area (Å²) >= 11 is 0. The molecule has 0 unspecified atom stereocenters. The van der Waals surface area contributed by atoms with Crippen LogP contribution in [0.1, 0.15) is 10.4 Å². The fourth-order valence-electron chi connectivity index (χ4n) is 1.36. The molecule has 1 heterocycles. The molecule has 7 nitrogen and oxygen atoms in total. The number of aromatic nitrogens is 1. The topological polar surface area (TPSA) is 91.4 Å². The Labute approximate surface area is 117 Å². The van der Waals surface area contributed by atoms with E-state index in [2.05, 4.69) is 15.6 Å².